The minimum atomic E-state index is -0.829. The van der Waals surface area contributed by atoms with Crippen molar-refractivity contribution in [1.29, 1.82) is 0 Å². The maximum Gasteiger partial charge on any atom is 0.305 e. The summed E-state index contributed by atoms with van der Waals surface area (Å²) in [6, 6.07) is 14.1. The predicted octanol–water partition coefficient (Wildman–Crippen LogP) is 11.5. The molecular weight excluding hydrogens is 781 g/mol. The average Bonchev–Trinajstić information content (AvgIpc) is 3.72. The second kappa shape index (κ2) is 31.6. The number of unbranched alkanes of at least 4 members (excludes halogenated alkanes) is 10. The lowest BCUT2D eigenvalue weighted by molar-refractivity contribution is -0.141. The number of carboxylic acids is 1. The summed E-state index contributed by atoms with van der Waals surface area (Å²) in [5.41, 5.74) is 6.06. The van der Waals surface area contributed by atoms with Gasteiger partial charge in [0.15, 0.2) is 0 Å². The predicted molar refractivity (Wildman–Crippen MR) is 252 cm³/mol. The molecule has 10 nitrogen and oxygen atoms in total. The molecule has 2 atom stereocenters. The highest BCUT2D eigenvalue weighted by atomic mass is 16.5. The summed E-state index contributed by atoms with van der Waals surface area (Å²) in [5, 5.41) is 30.3. The molecule has 1 aliphatic rings. The Labute approximate surface area is 373 Å². The van der Waals surface area contributed by atoms with Gasteiger partial charge < -0.3 is 34.1 Å². The van der Waals surface area contributed by atoms with E-state index in [1.807, 2.05) is 42.1 Å². The summed E-state index contributed by atoms with van der Waals surface area (Å²) >= 11 is 0. The van der Waals surface area contributed by atoms with Crippen LogP contribution < -0.4 is 4.74 Å². The largest absolute Gasteiger partial charge is 0.492 e. The fourth-order valence-electron chi connectivity index (χ4n) is 7.54. The molecule has 0 aliphatic carbocycles. The molecule has 1 saturated heterocycles. The fraction of sp³-hybridized carbons (Fsp3) is 0.577. The summed E-state index contributed by atoms with van der Waals surface area (Å²) < 4.78 is 18.1. The van der Waals surface area contributed by atoms with E-state index in [9.17, 15) is 19.8 Å². The number of methoxy groups -OCH3 is 1. The molecule has 344 valence electrons. The quantitative estimate of drug-likeness (QED) is 0.0461. The van der Waals surface area contributed by atoms with Crippen LogP contribution in [0.15, 0.2) is 67.0 Å². The highest BCUT2D eigenvalue weighted by Gasteiger charge is 2.16. The van der Waals surface area contributed by atoms with E-state index >= 15 is 0 Å². The molecule has 1 aliphatic heterocycles. The number of hydrogen-bond acceptors (Lipinski definition) is 8. The van der Waals surface area contributed by atoms with E-state index in [4.69, 9.17) is 19.3 Å². The van der Waals surface area contributed by atoms with Crippen molar-refractivity contribution in [3.8, 4) is 16.9 Å². The molecule has 1 fully saturated rings. The van der Waals surface area contributed by atoms with Gasteiger partial charge in [0, 0.05) is 51.9 Å². The van der Waals surface area contributed by atoms with Crippen LogP contribution in [0.25, 0.3) is 23.3 Å². The Hall–Kier alpha value is -4.22. The number of rotatable bonds is 29. The average molecular weight is 859 g/mol. The van der Waals surface area contributed by atoms with Crippen molar-refractivity contribution in [2.75, 3.05) is 46.6 Å². The van der Waals surface area contributed by atoms with Gasteiger partial charge in [0.05, 0.1) is 32.5 Å². The van der Waals surface area contributed by atoms with Crippen LogP contribution in [0.5, 0.6) is 5.75 Å². The lowest BCUT2D eigenvalue weighted by Crippen LogP contribution is -2.38. The first-order valence-corrected chi connectivity index (χ1v) is 23.5. The molecule has 10 heteroatoms. The van der Waals surface area contributed by atoms with Gasteiger partial charge in [0.1, 0.15) is 12.4 Å². The van der Waals surface area contributed by atoms with Crippen LogP contribution in [-0.2, 0) is 26.1 Å². The third-order valence-corrected chi connectivity index (χ3v) is 11.3. The molecule has 62 heavy (non-hydrogen) atoms. The Bertz CT molecular complexity index is 1740. The van der Waals surface area contributed by atoms with Crippen molar-refractivity contribution in [1.82, 2.24) is 9.47 Å². The Kier molecular flexibility index (Phi) is 26.6. The molecule has 0 bridgehead atoms. The third-order valence-electron chi connectivity index (χ3n) is 11.3. The molecule has 2 unspecified atom stereocenters. The van der Waals surface area contributed by atoms with E-state index in [1.165, 1.54) is 76.9 Å². The van der Waals surface area contributed by atoms with Crippen LogP contribution in [-0.4, -0.2) is 83.3 Å². The molecule has 0 amide bonds. The first-order chi connectivity index (χ1) is 30.1. The first kappa shape index (κ1) is 52.1. The summed E-state index contributed by atoms with van der Waals surface area (Å²) in [6.45, 7) is 9.38. The summed E-state index contributed by atoms with van der Waals surface area (Å²) in [5.74, 6) is -0.267. The van der Waals surface area contributed by atoms with Crippen molar-refractivity contribution in [2.24, 2.45) is 7.05 Å². The minimum Gasteiger partial charge on any atom is -0.492 e. The number of allylic oxidation sites excluding steroid dienone is 2. The Morgan fingerprint density at radius 3 is 1.89 bits per heavy atom. The SMILES string of the molecule is CCCCCCC/C=C/c1cc(-c2ccn(C)c2)ccc1C(O)CCCC(=O)OC.CCCCCCC/C=C/c1cc(OCCN2CCOCC2)ccc1C(O)CCCC(=O)O. The molecule has 2 aromatic carbocycles. The van der Waals surface area contributed by atoms with Crippen molar-refractivity contribution in [2.45, 2.75) is 142 Å². The number of carbonyl (C=O) groups is 2. The van der Waals surface area contributed by atoms with Gasteiger partial charge in [-0.3, -0.25) is 14.5 Å². The zero-order chi connectivity index (χ0) is 44.8. The van der Waals surface area contributed by atoms with Gasteiger partial charge >= 0.3 is 11.9 Å². The van der Waals surface area contributed by atoms with E-state index in [1.54, 1.807) is 0 Å². The van der Waals surface area contributed by atoms with Crippen LogP contribution in [0.2, 0.25) is 0 Å². The number of benzene rings is 2. The van der Waals surface area contributed by atoms with Gasteiger partial charge in [-0.2, -0.15) is 0 Å². The first-order valence-electron chi connectivity index (χ1n) is 23.5. The van der Waals surface area contributed by atoms with Crippen LogP contribution in [0.3, 0.4) is 0 Å². The molecule has 0 radical (unpaired) electrons. The number of aryl methyl sites for hydroxylation is 1. The van der Waals surface area contributed by atoms with Crippen LogP contribution in [0, 0.1) is 0 Å². The standard InChI is InChI=1S/C26H41NO5.C26H37NO3/c1-2-3-4-5-6-7-8-10-22-21-23(32-20-17-27-15-18-31-19-16-27)13-14-24(22)25(28)11-9-12-26(29)30;1-4-5-6-7-8-9-10-12-22-19-21(23-17-18-27(2)20-23)15-16-24(22)25(28)13-11-14-26(29)30-3/h8,10,13-14,21,25,28H,2-7,9,11-12,15-20H2,1H3,(H,29,30);10,12,15-20,25,28H,4-9,11,13-14H2,1-3H3/b10-8+;12-10+. The Balaban J connectivity index is 0.000000331. The van der Waals surface area contributed by atoms with Crippen molar-refractivity contribution in [3.63, 3.8) is 0 Å². The van der Waals surface area contributed by atoms with E-state index in [0.717, 1.165) is 79.3 Å². The molecule has 4 rings (SSSR count). The zero-order valence-corrected chi connectivity index (χ0v) is 38.4. The number of carbonyl (C=O) groups excluding carboxylic acids is 1. The number of ether oxygens (including phenoxy) is 3. The summed E-state index contributed by atoms with van der Waals surface area (Å²) in [6.07, 6.45) is 28.6. The van der Waals surface area contributed by atoms with Gasteiger partial charge in [0.25, 0.3) is 0 Å². The molecule has 1 aromatic heterocycles. The molecule has 3 N–H and O–H groups in total. The van der Waals surface area contributed by atoms with Gasteiger partial charge in [-0.15, -0.1) is 0 Å². The number of esters is 1. The maximum absolute atomic E-state index is 11.4. The van der Waals surface area contributed by atoms with E-state index in [-0.39, 0.29) is 12.4 Å². The summed E-state index contributed by atoms with van der Waals surface area (Å²) in [4.78, 5) is 24.5. The Morgan fingerprint density at radius 2 is 1.32 bits per heavy atom. The highest BCUT2D eigenvalue weighted by Crippen LogP contribution is 2.31. The maximum atomic E-state index is 11.4. The molecule has 3 aromatic rings. The molecule has 0 saturated carbocycles. The van der Waals surface area contributed by atoms with Crippen LogP contribution in [0.1, 0.15) is 164 Å². The van der Waals surface area contributed by atoms with Crippen LogP contribution in [0.4, 0.5) is 0 Å². The number of aliphatic carboxylic acids is 1. The fourth-order valence-corrected chi connectivity index (χ4v) is 7.54. The van der Waals surface area contributed by atoms with E-state index < -0.39 is 18.2 Å². The minimum absolute atomic E-state index is 0.0722. The third kappa shape index (κ3) is 21.2. The smallest absolute Gasteiger partial charge is 0.305 e. The van der Waals surface area contributed by atoms with E-state index in [2.05, 4.69) is 67.4 Å². The number of morpholine rings is 1. The topological polar surface area (TPSA) is 131 Å². The van der Waals surface area contributed by atoms with Gasteiger partial charge in [0.2, 0.25) is 0 Å². The van der Waals surface area contributed by atoms with Gasteiger partial charge in [-0.05, 0) is 109 Å². The second-order valence-corrected chi connectivity index (χ2v) is 16.5. The van der Waals surface area contributed by atoms with Crippen molar-refractivity contribution < 1.29 is 39.1 Å². The molecule has 0 spiro atoms. The lowest BCUT2D eigenvalue weighted by atomic mass is 9.94. The van der Waals surface area contributed by atoms with Gasteiger partial charge in [-0.25, -0.2) is 0 Å². The van der Waals surface area contributed by atoms with Crippen LogP contribution >= 0.6 is 0 Å². The second-order valence-electron chi connectivity index (χ2n) is 16.5. The summed E-state index contributed by atoms with van der Waals surface area (Å²) in [7, 11) is 3.41. The molecule has 2 heterocycles. The van der Waals surface area contributed by atoms with Gasteiger partial charge in [-0.1, -0.05) is 108 Å². The zero-order valence-electron chi connectivity index (χ0n) is 38.4. The molecular formula is C52H78N2O8. The van der Waals surface area contributed by atoms with Crippen molar-refractivity contribution in [3.05, 3.63) is 89.3 Å². The number of carboxylic acid groups (broad SMARTS) is 1. The normalized spacial score (nSPS) is 14.2. The lowest BCUT2D eigenvalue weighted by Gasteiger charge is -2.26. The number of aromatic nitrogens is 1. The van der Waals surface area contributed by atoms with Crippen molar-refractivity contribution >= 4 is 24.1 Å². The number of aliphatic hydroxyl groups excluding tert-OH is 2. The Morgan fingerprint density at radius 1 is 0.742 bits per heavy atom. The monoisotopic (exact) mass is 859 g/mol. The number of aliphatic hydroxyl groups is 2. The van der Waals surface area contributed by atoms with E-state index in [0.29, 0.717) is 38.7 Å². The number of hydrogen-bond donors (Lipinski definition) is 3. The number of nitrogens with zero attached hydrogens (tertiary/aromatic N) is 2. The highest BCUT2D eigenvalue weighted by molar-refractivity contribution is 5.70.